The molecule has 0 amide bonds. The Labute approximate surface area is 79.3 Å². The average molecular weight is 229 g/mol. The Bertz CT molecular complexity index is 271. The minimum atomic E-state index is 0.0464. The van der Waals surface area contributed by atoms with E-state index in [2.05, 4.69) is 26.2 Å². The van der Waals surface area contributed by atoms with Gasteiger partial charge < -0.3 is 5.32 Å². The van der Waals surface area contributed by atoms with Crippen LogP contribution >= 0.6 is 15.9 Å². The van der Waals surface area contributed by atoms with Gasteiger partial charge in [0.2, 0.25) is 0 Å². The Balaban J connectivity index is 2.84. The predicted octanol–water partition coefficient (Wildman–Crippen LogP) is 1.70. The molecule has 0 aliphatic rings. The number of nitrogens with one attached hydrogen (secondary N) is 1. The van der Waals surface area contributed by atoms with Crippen molar-refractivity contribution in [2.45, 2.75) is 0 Å². The molecule has 1 rings (SSSR count). The zero-order valence-corrected chi connectivity index (χ0v) is 8.26. The highest BCUT2D eigenvalue weighted by atomic mass is 79.9. The van der Waals surface area contributed by atoms with E-state index in [1.54, 1.807) is 25.4 Å². The lowest BCUT2D eigenvalue weighted by atomic mass is 10.2. The van der Waals surface area contributed by atoms with Gasteiger partial charge >= 0.3 is 0 Å². The molecule has 1 aromatic heterocycles. The first-order chi connectivity index (χ1) is 5.77. The van der Waals surface area contributed by atoms with Crippen molar-refractivity contribution in [3.8, 4) is 0 Å². The summed E-state index contributed by atoms with van der Waals surface area (Å²) in [7, 11) is 1.79. The van der Waals surface area contributed by atoms with E-state index in [9.17, 15) is 4.79 Å². The SMILES string of the molecule is CNc1ccc(C(=O)CBr)cn1. The Morgan fingerprint density at radius 2 is 2.42 bits per heavy atom. The number of Topliss-reactive ketones (excluding diaryl/α,β-unsaturated/α-hetero) is 1. The van der Waals surface area contributed by atoms with Crippen LogP contribution in [0.15, 0.2) is 18.3 Å². The predicted molar refractivity (Wildman–Crippen MR) is 51.9 cm³/mol. The van der Waals surface area contributed by atoms with Crippen LogP contribution in [0.25, 0.3) is 0 Å². The lowest BCUT2D eigenvalue weighted by Crippen LogP contribution is -2.01. The molecule has 0 saturated heterocycles. The molecule has 0 saturated carbocycles. The van der Waals surface area contributed by atoms with Crippen molar-refractivity contribution >= 4 is 27.5 Å². The summed E-state index contributed by atoms with van der Waals surface area (Å²) in [4.78, 5) is 15.1. The van der Waals surface area contributed by atoms with Gasteiger partial charge in [-0.1, -0.05) is 15.9 Å². The average Bonchev–Trinajstić information content (AvgIpc) is 2.17. The van der Waals surface area contributed by atoms with Crippen LogP contribution < -0.4 is 5.32 Å². The number of rotatable bonds is 3. The maximum atomic E-state index is 11.1. The smallest absolute Gasteiger partial charge is 0.174 e. The van der Waals surface area contributed by atoms with Gasteiger partial charge in [0.05, 0.1) is 5.33 Å². The third-order valence-electron chi connectivity index (χ3n) is 1.46. The Kier molecular flexibility index (Phi) is 3.22. The number of ketones is 1. The molecule has 64 valence electrons. The fraction of sp³-hybridized carbons (Fsp3) is 0.250. The van der Waals surface area contributed by atoms with Crippen LogP contribution in [-0.4, -0.2) is 23.1 Å². The first-order valence-electron chi connectivity index (χ1n) is 3.51. The monoisotopic (exact) mass is 228 g/mol. The van der Waals surface area contributed by atoms with E-state index in [4.69, 9.17) is 0 Å². The first-order valence-corrected chi connectivity index (χ1v) is 4.63. The molecule has 0 aliphatic heterocycles. The maximum absolute atomic E-state index is 11.1. The van der Waals surface area contributed by atoms with Crippen molar-refractivity contribution in [2.24, 2.45) is 0 Å². The van der Waals surface area contributed by atoms with Crippen LogP contribution in [0, 0.1) is 0 Å². The van der Waals surface area contributed by atoms with Crippen molar-refractivity contribution < 1.29 is 4.79 Å². The van der Waals surface area contributed by atoms with Gasteiger partial charge in [0.15, 0.2) is 5.78 Å². The highest BCUT2D eigenvalue weighted by Crippen LogP contribution is 2.05. The quantitative estimate of drug-likeness (QED) is 0.633. The fourth-order valence-electron chi connectivity index (χ4n) is 0.784. The highest BCUT2D eigenvalue weighted by Gasteiger charge is 2.02. The summed E-state index contributed by atoms with van der Waals surface area (Å²) >= 11 is 3.09. The van der Waals surface area contributed by atoms with Crippen molar-refractivity contribution in [1.82, 2.24) is 4.98 Å². The molecule has 3 nitrogen and oxygen atoms in total. The maximum Gasteiger partial charge on any atom is 0.174 e. The van der Waals surface area contributed by atoms with Gasteiger partial charge in [-0.2, -0.15) is 0 Å². The minimum absolute atomic E-state index is 0.0464. The van der Waals surface area contributed by atoms with Gasteiger partial charge in [-0.15, -0.1) is 0 Å². The Morgan fingerprint density at radius 1 is 1.67 bits per heavy atom. The number of nitrogens with zero attached hydrogens (tertiary/aromatic N) is 1. The molecule has 0 fully saturated rings. The number of halogens is 1. The van der Waals surface area contributed by atoms with Crippen molar-refractivity contribution in [3.63, 3.8) is 0 Å². The first kappa shape index (κ1) is 9.19. The summed E-state index contributed by atoms with van der Waals surface area (Å²) in [5.41, 5.74) is 0.630. The van der Waals surface area contributed by atoms with Gasteiger partial charge in [-0.25, -0.2) is 4.98 Å². The zero-order chi connectivity index (χ0) is 8.97. The molecule has 1 aromatic rings. The van der Waals surface area contributed by atoms with E-state index in [-0.39, 0.29) is 5.78 Å². The summed E-state index contributed by atoms with van der Waals surface area (Å²) in [6.45, 7) is 0. The molecule has 1 heterocycles. The largest absolute Gasteiger partial charge is 0.373 e. The molecule has 12 heavy (non-hydrogen) atoms. The van der Waals surface area contributed by atoms with Gasteiger partial charge in [0.1, 0.15) is 5.82 Å². The van der Waals surface area contributed by atoms with E-state index in [0.29, 0.717) is 10.9 Å². The number of pyridine rings is 1. The molecule has 1 N–H and O–H groups in total. The second-order valence-electron chi connectivity index (χ2n) is 2.24. The van der Waals surface area contributed by atoms with E-state index in [1.807, 2.05) is 0 Å². The van der Waals surface area contributed by atoms with E-state index in [0.717, 1.165) is 5.82 Å². The van der Waals surface area contributed by atoms with Crippen LogP contribution in [0.3, 0.4) is 0 Å². The van der Waals surface area contributed by atoms with Gasteiger partial charge in [-0.05, 0) is 12.1 Å². The third-order valence-corrected chi connectivity index (χ3v) is 1.97. The standard InChI is InChI=1S/C8H9BrN2O/c1-10-8-3-2-6(5-11-8)7(12)4-9/h2-3,5H,4H2,1H3,(H,10,11). The molecule has 0 atom stereocenters. The lowest BCUT2D eigenvalue weighted by Gasteiger charge is -1.99. The van der Waals surface area contributed by atoms with Crippen LogP contribution in [0.4, 0.5) is 5.82 Å². The van der Waals surface area contributed by atoms with Gasteiger partial charge in [0, 0.05) is 18.8 Å². The van der Waals surface area contributed by atoms with Crippen LogP contribution in [0.5, 0.6) is 0 Å². The topological polar surface area (TPSA) is 42.0 Å². The molecule has 0 spiro atoms. The third kappa shape index (κ3) is 2.04. The second-order valence-corrected chi connectivity index (χ2v) is 2.80. The van der Waals surface area contributed by atoms with Crippen LogP contribution in [0.2, 0.25) is 0 Å². The van der Waals surface area contributed by atoms with Crippen molar-refractivity contribution in [2.75, 3.05) is 17.7 Å². The summed E-state index contributed by atoms with van der Waals surface area (Å²) < 4.78 is 0. The second kappa shape index (κ2) is 4.21. The number of hydrogen-bond donors (Lipinski definition) is 1. The highest BCUT2D eigenvalue weighted by molar-refractivity contribution is 9.09. The van der Waals surface area contributed by atoms with E-state index < -0.39 is 0 Å². The normalized spacial score (nSPS) is 9.50. The van der Waals surface area contributed by atoms with Crippen molar-refractivity contribution in [3.05, 3.63) is 23.9 Å². The van der Waals surface area contributed by atoms with Gasteiger partial charge in [-0.3, -0.25) is 4.79 Å². The van der Waals surface area contributed by atoms with E-state index >= 15 is 0 Å². The Hall–Kier alpha value is -0.900. The molecule has 0 unspecified atom stereocenters. The molecular formula is C8H9BrN2O. The molecule has 0 aromatic carbocycles. The lowest BCUT2D eigenvalue weighted by molar-refractivity contribution is 0.102. The van der Waals surface area contributed by atoms with Crippen LogP contribution in [-0.2, 0) is 0 Å². The van der Waals surface area contributed by atoms with E-state index in [1.165, 1.54) is 0 Å². The molecule has 0 bridgehead atoms. The number of alkyl halides is 1. The number of carbonyl (C=O) groups is 1. The number of anilines is 1. The Morgan fingerprint density at radius 3 is 2.83 bits per heavy atom. The van der Waals surface area contributed by atoms with Gasteiger partial charge in [0.25, 0.3) is 0 Å². The van der Waals surface area contributed by atoms with Crippen molar-refractivity contribution in [1.29, 1.82) is 0 Å². The summed E-state index contributed by atoms with van der Waals surface area (Å²) in [5.74, 6) is 0.811. The summed E-state index contributed by atoms with van der Waals surface area (Å²) in [5, 5.41) is 3.22. The summed E-state index contributed by atoms with van der Waals surface area (Å²) in [6.07, 6.45) is 1.56. The number of hydrogen-bond acceptors (Lipinski definition) is 3. The molecule has 4 heteroatoms. The number of carbonyl (C=O) groups excluding carboxylic acids is 1. The number of aromatic nitrogens is 1. The molecule has 0 aliphatic carbocycles. The van der Waals surface area contributed by atoms with Crippen LogP contribution in [0.1, 0.15) is 10.4 Å². The molecule has 0 radical (unpaired) electrons. The fourth-order valence-corrected chi connectivity index (χ4v) is 1.11. The summed E-state index contributed by atoms with van der Waals surface area (Å²) in [6, 6.07) is 3.53. The minimum Gasteiger partial charge on any atom is -0.373 e. The zero-order valence-electron chi connectivity index (χ0n) is 6.67. The molecular weight excluding hydrogens is 220 g/mol.